The monoisotopic (exact) mass is 282 g/mol. The molecule has 1 fully saturated rings. The molecule has 1 aliphatic rings. The van der Waals surface area contributed by atoms with Gasteiger partial charge >= 0.3 is 0 Å². The van der Waals surface area contributed by atoms with Gasteiger partial charge in [0, 0.05) is 26.3 Å². The van der Waals surface area contributed by atoms with Crippen molar-refractivity contribution in [3.8, 4) is 6.07 Å². The van der Waals surface area contributed by atoms with Gasteiger partial charge in [0.25, 0.3) is 0 Å². The van der Waals surface area contributed by atoms with Crippen LogP contribution in [0.25, 0.3) is 0 Å². The van der Waals surface area contributed by atoms with Crippen molar-refractivity contribution in [1.29, 1.82) is 5.26 Å². The summed E-state index contributed by atoms with van der Waals surface area (Å²) in [6.07, 6.45) is 0.421. The maximum absolute atomic E-state index is 12.3. The van der Waals surface area contributed by atoms with Crippen molar-refractivity contribution >= 4 is 10.0 Å². The molecular weight excluding hydrogens is 268 g/mol. The fourth-order valence-electron chi connectivity index (χ4n) is 1.97. The van der Waals surface area contributed by atoms with Crippen LogP contribution in [0.3, 0.4) is 0 Å². The maximum atomic E-state index is 12.3. The Bertz CT molecular complexity index is 593. The van der Waals surface area contributed by atoms with E-state index in [1.807, 2.05) is 6.07 Å². The lowest BCUT2D eigenvalue weighted by Gasteiger charge is -2.25. The van der Waals surface area contributed by atoms with Gasteiger partial charge in [0.1, 0.15) is 16.7 Å². The number of nitriles is 1. The summed E-state index contributed by atoms with van der Waals surface area (Å²) in [5, 5.41) is 21.3. The van der Waals surface area contributed by atoms with Crippen LogP contribution in [0.1, 0.15) is 5.69 Å². The Balaban J connectivity index is 2.28. The lowest BCUT2D eigenvalue weighted by Crippen LogP contribution is -2.44. The minimum absolute atomic E-state index is 0.00750. The molecule has 102 valence electrons. The Labute approximate surface area is 111 Å². The fraction of sp³-hybridized carbons (Fsp3) is 0.455. The van der Waals surface area contributed by atoms with Crippen LogP contribution in [-0.4, -0.2) is 55.1 Å². The van der Waals surface area contributed by atoms with E-state index in [1.165, 1.54) is 19.2 Å². The van der Waals surface area contributed by atoms with Crippen LogP contribution in [-0.2, 0) is 10.0 Å². The van der Waals surface area contributed by atoms with Gasteiger partial charge in [0.15, 0.2) is 0 Å². The molecule has 0 amide bonds. The molecule has 0 unspecified atom stereocenters. The number of aliphatic hydroxyl groups excluding tert-OH is 1. The van der Waals surface area contributed by atoms with Crippen LogP contribution in [0.15, 0.2) is 23.2 Å². The lowest BCUT2D eigenvalue weighted by atomic mass is 10.2. The Kier molecular flexibility index (Phi) is 3.82. The largest absolute Gasteiger partial charge is 0.390 e. The number of likely N-dealkylation sites (N-methyl/N-ethyl adjacent to an activating group) is 1. The number of sulfonamides is 1. The second kappa shape index (κ2) is 5.22. The van der Waals surface area contributed by atoms with Gasteiger partial charge in [0.05, 0.1) is 12.1 Å². The molecule has 0 bridgehead atoms. The molecule has 19 heavy (non-hydrogen) atoms. The second-order valence-corrected chi connectivity index (χ2v) is 6.30. The van der Waals surface area contributed by atoms with Gasteiger partial charge in [-0.2, -0.15) is 9.57 Å². The van der Waals surface area contributed by atoms with Gasteiger partial charge < -0.3 is 10.4 Å². The highest BCUT2D eigenvalue weighted by atomic mass is 32.2. The Morgan fingerprint density at radius 2 is 2.26 bits per heavy atom. The zero-order chi connectivity index (χ0) is 14.0. The zero-order valence-electron chi connectivity index (χ0n) is 10.3. The summed E-state index contributed by atoms with van der Waals surface area (Å²) >= 11 is 0. The molecule has 1 aromatic heterocycles. The summed E-state index contributed by atoms with van der Waals surface area (Å²) < 4.78 is 25.8. The van der Waals surface area contributed by atoms with Crippen molar-refractivity contribution in [1.82, 2.24) is 14.6 Å². The molecule has 7 nitrogen and oxygen atoms in total. The second-order valence-electron chi connectivity index (χ2n) is 4.31. The topological polar surface area (TPSA) is 106 Å². The smallest absolute Gasteiger partial charge is 0.244 e. The van der Waals surface area contributed by atoms with Crippen molar-refractivity contribution in [2.75, 3.05) is 20.1 Å². The van der Waals surface area contributed by atoms with Gasteiger partial charge in [-0.25, -0.2) is 13.4 Å². The summed E-state index contributed by atoms with van der Waals surface area (Å²) in [6.45, 7) is 0.775. The minimum Gasteiger partial charge on any atom is -0.390 e. The molecule has 2 N–H and O–H groups in total. The molecule has 0 aromatic carbocycles. The first kappa shape index (κ1) is 13.9. The molecule has 0 aliphatic carbocycles. The molecule has 1 saturated heterocycles. The molecule has 0 spiro atoms. The molecule has 0 saturated carbocycles. The number of nitrogens with one attached hydrogen (secondary N) is 1. The SMILES string of the molecule is CN([C@@H]1CNC[C@H]1O)S(=O)(=O)c1ccc(C#N)nc1. The van der Waals surface area contributed by atoms with Crippen molar-refractivity contribution < 1.29 is 13.5 Å². The minimum atomic E-state index is -3.72. The molecule has 2 rings (SSSR count). The Hall–Kier alpha value is -1.53. The van der Waals surface area contributed by atoms with Gasteiger partial charge in [-0.3, -0.25) is 0 Å². The first-order valence-electron chi connectivity index (χ1n) is 5.70. The normalized spacial score (nSPS) is 23.5. The summed E-state index contributed by atoms with van der Waals surface area (Å²) in [4.78, 5) is 3.75. The maximum Gasteiger partial charge on any atom is 0.244 e. The van der Waals surface area contributed by atoms with Crippen molar-refractivity contribution in [3.63, 3.8) is 0 Å². The van der Waals surface area contributed by atoms with E-state index in [2.05, 4.69) is 10.3 Å². The molecule has 0 radical (unpaired) electrons. The first-order chi connectivity index (χ1) is 8.96. The average Bonchev–Trinajstić information content (AvgIpc) is 2.84. The van der Waals surface area contributed by atoms with E-state index in [-0.39, 0.29) is 10.6 Å². The fourth-order valence-corrected chi connectivity index (χ4v) is 3.30. The Morgan fingerprint density at radius 1 is 1.53 bits per heavy atom. The van der Waals surface area contributed by atoms with E-state index in [0.717, 1.165) is 10.5 Å². The molecule has 1 aliphatic heterocycles. The summed E-state index contributed by atoms with van der Waals surface area (Å²) in [7, 11) is -2.29. The van der Waals surface area contributed by atoms with Gasteiger partial charge in [0.2, 0.25) is 10.0 Å². The van der Waals surface area contributed by atoms with Crippen LogP contribution < -0.4 is 5.32 Å². The number of hydrogen-bond donors (Lipinski definition) is 2. The number of aromatic nitrogens is 1. The van der Waals surface area contributed by atoms with Crippen LogP contribution in [0.4, 0.5) is 0 Å². The summed E-state index contributed by atoms with van der Waals surface area (Å²) in [5.41, 5.74) is 0.157. The highest BCUT2D eigenvalue weighted by Gasteiger charge is 2.35. The Morgan fingerprint density at radius 3 is 2.74 bits per heavy atom. The van der Waals surface area contributed by atoms with E-state index >= 15 is 0 Å². The number of hydrogen-bond acceptors (Lipinski definition) is 6. The van der Waals surface area contributed by atoms with E-state index in [1.54, 1.807) is 0 Å². The average molecular weight is 282 g/mol. The molecule has 2 heterocycles. The first-order valence-corrected chi connectivity index (χ1v) is 7.14. The lowest BCUT2D eigenvalue weighted by molar-refractivity contribution is 0.136. The van der Waals surface area contributed by atoms with Crippen molar-refractivity contribution in [2.24, 2.45) is 0 Å². The van der Waals surface area contributed by atoms with E-state index < -0.39 is 22.2 Å². The standard InChI is InChI=1S/C11H14N4O3S/c1-15(10-6-13-7-11(10)16)19(17,18)9-3-2-8(4-12)14-5-9/h2-3,5,10-11,13,16H,6-7H2,1H3/t10-,11-/m1/s1. The molecule has 1 aromatic rings. The van der Waals surface area contributed by atoms with Crippen LogP contribution >= 0.6 is 0 Å². The summed E-state index contributed by atoms with van der Waals surface area (Å²) in [6, 6.07) is 4.02. The molecular formula is C11H14N4O3S. The van der Waals surface area contributed by atoms with Gasteiger partial charge in [-0.05, 0) is 12.1 Å². The van der Waals surface area contributed by atoms with Crippen LogP contribution in [0, 0.1) is 11.3 Å². The van der Waals surface area contributed by atoms with Crippen LogP contribution in [0.5, 0.6) is 0 Å². The molecule has 2 atom stereocenters. The van der Waals surface area contributed by atoms with Crippen molar-refractivity contribution in [3.05, 3.63) is 24.0 Å². The van der Waals surface area contributed by atoms with E-state index in [4.69, 9.17) is 5.26 Å². The third-order valence-corrected chi connectivity index (χ3v) is 5.01. The quantitative estimate of drug-likeness (QED) is 0.729. The van der Waals surface area contributed by atoms with E-state index in [9.17, 15) is 13.5 Å². The highest BCUT2D eigenvalue weighted by Crippen LogP contribution is 2.19. The third-order valence-electron chi connectivity index (χ3n) is 3.15. The predicted molar refractivity (Wildman–Crippen MR) is 66.6 cm³/mol. The van der Waals surface area contributed by atoms with Gasteiger partial charge in [-0.15, -0.1) is 0 Å². The number of rotatable bonds is 3. The number of β-amino-alcohol motifs (C(OH)–C–C–N with tert-alkyl or cyclic N) is 1. The predicted octanol–water partition coefficient (Wildman–Crippen LogP) is -1.09. The third kappa shape index (κ3) is 2.59. The number of aliphatic hydroxyl groups is 1. The zero-order valence-corrected chi connectivity index (χ0v) is 11.1. The van der Waals surface area contributed by atoms with E-state index in [0.29, 0.717) is 13.1 Å². The summed E-state index contributed by atoms with van der Waals surface area (Å²) in [5.74, 6) is 0. The number of pyridine rings is 1. The number of nitrogens with zero attached hydrogens (tertiary/aromatic N) is 3. The highest BCUT2D eigenvalue weighted by molar-refractivity contribution is 7.89. The van der Waals surface area contributed by atoms with Gasteiger partial charge in [-0.1, -0.05) is 0 Å². The van der Waals surface area contributed by atoms with Crippen molar-refractivity contribution in [2.45, 2.75) is 17.0 Å². The molecule has 8 heteroatoms. The van der Waals surface area contributed by atoms with Crippen LogP contribution in [0.2, 0.25) is 0 Å².